The van der Waals surface area contributed by atoms with Crippen molar-refractivity contribution in [2.75, 3.05) is 0 Å². The van der Waals surface area contributed by atoms with Crippen molar-refractivity contribution in [1.82, 2.24) is 14.1 Å². The van der Waals surface area contributed by atoms with Crippen LogP contribution in [0.15, 0.2) is 59.0 Å². The van der Waals surface area contributed by atoms with Crippen molar-refractivity contribution in [3.8, 4) is 0 Å². The van der Waals surface area contributed by atoms with E-state index in [4.69, 9.17) is 5.73 Å². The maximum atomic E-state index is 12.9. The Labute approximate surface area is 197 Å². The summed E-state index contributed by atoms with van der Waals surface area (Å²) < 4.78 is 3.35. The number of aryl methyl sites for hydroxylation is 1. The Morgan fingerprint density at radius 2 is 1.85 bits per heavy atom. The van der Waals surface area contributed by atoms with Crippen LogP contribution in [0.1, 0.15) is 69.6 Å². The van der Waals surface area contributed by atoms with Crippen LogP contribution in [0, 0.1) is 6.92 Å². The van der Waals surface area contributed by atoms with Crippen LogP contribution < -0.4 is 11.3 Å². The van der Waals surface area contributed by atoms with E-state index in [0.29, 0.717) is 29.2 Å². The summed E-state index contributed by atoms with van der Waals surface area (Å²) in [5.74, 6) is 0.700. The van der Waals surface area contributed by atoms with Gasteiger partial charge in [-0.05, 0) is 39.7 Å². The van der Waals surface area contributed by atoms with E-state index in [1.54, 1.807) is 24.4 Å². The Balaban J connectivity index is 0.000000414. The summed E-state index contributed by atoms with van der Waals surface area (Å²) in [5, 5.41) is 0. The number of hydrogen-bond acceptors (Lipinski definition) is 4. The number of imidazole rings is 1. The molecule has 33 heavy (non-hydrogen) atoms. The Hall–Kier alpha value is -2.99. The molecular formula is C27H38N4O2. The Kier molecular flexibility index (Phi) is 10.3. The average Bonchev–Trinajstić information content (AvgIpc) is 3.14. The normalized spacial score (nSPS) is 11.6. The van der Waals surface area contributed by atoms with Gasteiger partial charge in [0.2, 0.25) is 0 Å². The highest BCUT2D eigenvalue weighted by Crippen LogP contribution is 2.13. The molecule has 1 aromatic carbocycles. The summed E-state index contributed by atoms with van der Waals surface area (Å²) in [6, 6.07) is 11.3. The standard InChI is InChI=1S/C20H21N3O2.C7H17N/c1-14(2)9-12-23-15(3)21-17-10-11-22(20(25)19(17)23)13-18(24)16-7-5-4-6-8-16;1-3-5-6-7(8)4-2/h4-11H,12-13H2,1-3H3;7H,3-6,8H2,1-2H3. The molecule has 3 rings (SSSR count). The number of pyridine rings is 1. The zero-order chi connectivity index (χ0) is 24.4. The van der Waals surface area contributed by atoms with Gasteiger partial charge in [0.25, 0.3) is 5.56 Å². The lowest BCUT2D eigenvalue weighted by atomic mass is 10.1. The predicted molar refractivity (Wildman–Crippen MR) is 137 cm³/mol. The predicted octanol–water partition coefficient (Wildman–Crippen LogP) is 5.27. The number of fused-ring (bicyclic) bond motifs is 1. The molecule has 2 heterocycles. The third-order valence-electron chi connectivity index (χ3n) is 5.61. The number of nitrogens with zero attached hydrogens (tertiary/aromatic N) is 3. The van der Waals surface area contributed by atoms with Gasteiger partial charge >= 0.3 is 0 Å². The van der Waals surface area contributed by atoms with Crippen molar-refractivity contribution in [1.29, 1.82) is 0 Å². The van der Waals surface area contributed by atoms with E-state index in [1.165, 1.54) is 29.4 Å². The van der Waals surface area contributed by atoms with Crippen LogP contribution in [0.25, 0.3) is 11.0 Å². The number of benzene rings is 1. The van der Waals surface area contributed by atoms with Crippen LogP contribution in [0.3, 0.4) is 0 Å². The van der Waals surface area contributed by atoms with Gasteiger partial charge in [0.15, 0.2) is 5.78 Å². The third kappa shape index (κ3) is 7.53. The second kappa shape index (κ2) is 12.9. The molecule has 0 aliphatic carbocycles. The first kappa shape index (κ1) is 26.3. The summed E-state index contributed by atoms with van der Waals surface area (Å²) in [5.41, 5.74) is 8.45. The molecule has 0 saturated heterocycles. The lowest BCUT2D eigenvalue weighted by Crippen LogP contribution is -2.25. The number of aromatic nitrogens is 3. The highest BCUT2D eigenvalue weighted by molar-refractivity contribution is 5.96. The van der Waals surface area contributed by atoms with Gasteiger partial charge in [-0.25, -0.2) is 4.98 Å². The second-order valence-corrected chi connectivity index (χ2v) is 8.63. The van der Waals surface area contributed by atoms with E-state index in [0.717, 1.165) is 12.2 Å². The van der Waals surface area contributed by atoms with Gasteiger partial charge in [0, 0.05) is 24.3 Å². The molecule has 0 amide bonds. The molecule has 178 valence electrons. The van der Waals surface area contributed by atoms with Crippen molar-refractivity contribution in [2.45, 2.75) is 79.4 Å². The zero-order valence-corrected chi connectivity index (χ0v) is 20.7. The second-order valence-electron chi connectivity index (χ2n) is 8.63. The van der Waals surface area contributed by atoms with E-state index in [-0.39, 0.29) is 17.9 Å². The number of carbonyl (C=O) groups excluding carboxylic acids is 1. The monoisotopic (exact) mass is 450 g/mol. The number of carbonyl (C=O) groups is 1. The molecular weight excluding hydrogens is 412 g/mol. The summed E-state index contributed by atoms with van der Waals surface area (Å²) in [6.45, 7) is 10.9. The smallest absolute Gasteiger partial charge is 0.277 e. The minimum atomic E-state index is -0.190. The minimum absolute atomic E-state index is 0.0195. The number of nitrogens with two attached hydrogens (primary N) is 1. The highest BCUT2D eigenvalue weighted by Gasteiger charge is 2.14. The molecule has 2 aromatic heterocycles. The molecule has 0 aliphatic heterocycles. The van der Waals surface area contributed by atoms with E-state index in [9.17, 15) is 9.59 Å². The number of unbranched alkanes of at least 4 members (excludes halogenated alkanes) is 1. The Morgan fingerprint density at radius 1 is 1.15 bits per heavy atom. The topological polar surface area (TPSA) is 82.9 Å². The summed E-state index contributed by atoms with van der Waals surface area (Å²) in [6.07, 6.45) is 8.58. The van der Waals surface area contributed by atoms with E-state index in [2.05, 4.69) is 24.9 Å². The first-order valence-electron chi connectivity index (χ1n) is 11.8. The fraction of sp³-hybridized carbons (Fsp3) is 0.444. The largest absolute Gasteiger partial charge is 0.328 e. The van der Waals surface area contributed by atoms with Crippen LogP contribution >= 0.6 is 0 Å². The highest BCUT2D eigenvalue weighted by atomic mass is 16.1. The maximum Gasteiger partial charge on any atom is 0.277 e. The quantitative estimate of drug-likeness (QED) is 0.356. The fourth-order valence-corrected chi connectivity index (χ4v) is 3.46. The molecule has 3 aromatic rings. The lowest BCUT2D eigenvalue weighted by molar-refractivity contribution is 0.0971. The van der Waals surface area contributed by atoms with Gasteiger partial charge in [-0.2, -0.15) is 0 Å². The third-order valence-corrected chi connectivity index (χ3v) is 5.61. The van der Waals surface area contributed by atoms with Gasteiger partial charge in [-0.1, -0.05) is 68.7 Å². The van der Waals surface area contributed by atoms with Crippen LogP contribution in [0.4, 0.5) is 0 Å². The maximum absolute atomic E-state index is 12.9. The molecule has 0 radical (unpaired) electrons. The van der Waals surface area contributed by atoms with Crippen molar-refractivity contribution in [3.63, 3.8) is 0 Å². The molecule has 2 N–H and O–H groups in total. The number of rotatable bonds is 9. The van der Waals surface area contributed by atoms with Gasteiger partial charge in [-0.3, -0.25) is 9.59 Å². The molecule has 0 fully saturated rings. The first-order valence-corrected chi connectivity index (χ1v) is 11.8. The number of allylic oxidation sites excluding steroid dienone is 2. The van der Waals surface area contributed by atoms with Crippen LogP contribution in [-0.2, 0) is 13.1 Å². The van der Waals surface area contributed by atoms with Crippen molar-refractivity contribution in [3.05, 3.63) is 76.0 Å². The van der Waals surface area contributed by atoms with E-state index >= 15 is 0 Å². The van der Waals surface area contributed by atoms with Crippen molar-refractivity contribution in [2.24, 2.45) is 5.73 Å². The molecule has 0 saturated carbocycles. The number of ketones is 1. The Bertz CT molecular complexity index is 1120. The van der Waals surface area contributed by atoms with Gasteiger partial charge < -0.3 is 14.9 Å². The zero-order valence-electron chi connectivity index (χ0n) is 20.7. The SMILES string of the molecule is CC(C)=CCn1c(C)nc2ccn(CC(=O)c3ccccc3)c(=O)c21.CCCCC(N)CC. The molecule has 6 heteroatoms. The summed E-state index contributed by atoms with van der Waals surface area (Å²) in [4.78, 5) is 29.8. The first-order chi connectivity index (χ1) is 15.8. The average molecular weight is 451 g/mol. The fourth-order valence-electron chi connectivity index (χ4n) is 3.46. The van der Waals surface area contributed by atoms with Crippen molar-refractivity contribution < 1.29 is 4.79 Å². The summed E-state index contributed by atoms with van der Waals surface area (Å²) >= 11 is 0. The lowest BCUT2D eigenvalue weighted by Gasteiger charge is -2.07. The minimum Gasteiger partial charge on any atom is -0.328 e. The van der Waals surface area contributed by atoms with Gasteiger partial charge in [-0.15, -0.1) is 0 Å². The molecule has 6 nitrogen and oxygen atoms in total. The van der Waals surface area contributed by atoms with Crippen LogP contribution in [-0.4, -0.2) is 25.9 Å². The van der Waals surface area contributed by atoms with Gasteiger partial charge in [0.1, 0.15) is 11.3 Å². The number of hydrogen-bond donors (Lipinski definition) is 1. The molecule has 0 bridgehead atoms. The molecule has 0 aliphatic rings. The molecule has 0 spiro atoms. The molecule has 1 unspecified atom stereocenters. The summed E-state index contributed by atoms with van der Waals surface area (Å²) in [7, 11) is 0. The van der Waals surface area contributed by atoms with Gasteiger partial charge in [0.05, 0.1) is 12.1 Å². The Morgan fingerprint density at radius 3 is 2.45 bits per heavy atom. The van der Waals surface area contributed by atoms with E-state index < -0.39 is 0 Å². The number of Topliss-reactive ketones (excluding diaryl/α,β-unsaturated/α-hetero) is 1. The van der Waals surface area contributed by atoms with Crippen LogP contribution in [0.2, 0.25) is 0 Å². The van der Waals surface area contributed by atoms with E-state index in [1.807, 2.05) is 43.5 Å². The molecule has 1 atom stereocenters. The van der Waals surface area contributed by atoms with Crippen LogP contribution in [0.5, 0.6) is 0 Å². The van der Waals surface area contributed by atoms with Crippen molar-refractivity contribution >= 4 is 16.8 Å².